The van der Waals surface area contributed by atoms with Crippen LogP contribution in [-0.2, 0) is 6.54 Å². The van der Waals surface area contributed by atoms with Crippen molar-refractivity contribution in [3.05, 3.63) is 70.8 Å². The Labute approximate surface area is 151 Å². The fraction of sp³-hybridized carbons (Fsp3) is 0.381. The van der Waals surface area contributed by atoms with Crippen LogP contribution in [0.2, 0.25) is 0 Å². The van der Waals surface area contributed by atoms with Crippen molar-refractivity contribution in [1.82, 2.24) is 10.2 Å². The maximum atomic E-state index is 5.82. The van der Waals surface area contributed by atoms with E-state index in [0.29, 0.717) is 6.04 Å². The Kier molecular flexibility index (Phi) is 6.73. The monoisotopic (exact) mass is 338 g/mol. The number of nitrogens with zero attached hydrogens (tertiary/aromatic N) is 2. The summed E-state index contributed by atoms with van der Waals surface area (Å²) in [6.07, 6.45) is -0.0973. The molecule has 4 heteroatoms. The highest BCUT2D eigenvalue weighted by molar-refractivity contribution is 6.03. The number of aliphatic imine (C=N–C) groups is 1. The lowest BCUT2D eigenvalue weighted by Gasteiger charge is -2.13. The molecule has 0 radical (unpaired) electrons. The second kappa shape index (κ2) is 8.79. The third-order valence-electron chi connectivity index (χ3n) is 4.65. The molecule has 2 atom stereocenters. The van der Waals surface area contributed by atoms with Gasteiger partial charge < -0.3 is 11.1 Å². The van der Waals surface area contributed by atoms with Crippen molar-refractivity contribution in [3.8, 4) is 0 Å². The summed E-state index contributed by atoms with van der Waals surface area (Å²) in [7, 11) is 3.93. The van der Waals surface area contributed by atoms with Crippen molar-refractivity contribution in [3.63, 3.8) is 0 Å². The van der Waals surface area contributed by atoms with Crippen molar-refractivity contribution < 1.29 is 0 Å². The normalized spacial score (nSPS) is 22.1. The second-order valence-electron chi connectivity index (χ2n) is 6.07. The Morgan fingerprint density at radius 2 is 1.64 bits per heavy atom. The lowest BCUT2D eigenvalue weighted by Crippen LogP contribution is -2.26. The third-order valence-corrected chi connectivity index (χ3v) is 4.65. The highest BCUT2D eigenvalue weighted by Gasteiger charge is 2.22. The molecule has 0 spiro atoms. The van der Waals surface area contributed by atoms with Crippen LogP contribution >= 0.6 is 0 Å². The number of benzene rings is 2. The summed E-state index contributed by atoms with van der Waals surface area (Å²) < 4.78 is 0. The number of hydrogen-bond acceptors (Lipinski definition) is 3. The Bertz CT molecular complexity index is 723. The van der Waals surface area contributed by atoms with E-state index in [2.05, 4.69) is 53.4 Å². The first-order valence-electron chi connectivity index (χ1n) is 8.98. The SMILES string of the molecule is CC.CC1c2ccccc2CN1C.CN=C1NC(N)c2ccccc21. The van der Waals surface area contributed by atoms with Crippen LogP contribution in [0.4, 0.5) is 0 Å². The van der Waals surface area contributed by atoms with Gasteiger partial charge in [-0.3, -0.25) is 9.89 Å². The van der Waals surface area contributed by atoms with Crippen LogP contribution in [0.1, 0.15) is 55.2 Å². The van der Waals surface area contributed by atoms with Crippen molar-refractivity contribution in [2.75, 3.05) is 14.1 Å². The van der Waals surface area contributed by atoms with Gasteiger partial charge in [0, 0.05) is 25.2 Å². The molecule has 0 fully saturated rings. The Morgan fingerprint density at radius 3 is 2.28 bits per heavy atom. The molecular formula is C21H30N4. The first kappa shape index (κ1) is 19.2. The van der Waals surface area contributed by atoms with Gasteiger partial charge in [-0.25, -0.2) is 0 Å². The molecule has 2 unspecified atom stereocenters. The van der Waals surface area contributed by atoms with Crippen LogP contribution in [0, 0.1) is 0 Å². The van der Waals surface area contributed by atoms with E-state index in [0.717, 1.165) is 23.5 Å². The average Bonchev–Trinajstić information content (AvgIpc) is 3.15. The minimum atomic E-state index is -0.0973. The third kappa shape index (κ3) is 4.09. The first-order valence-corrected chi connectivity index (χ1v) is 8.98. The summed E-state index contributed by atoms with van der Waals surface area (Å²) in [5.41, 5.74) is 11.0. The maximum absolute atomic E-state index is 5.82. The van der Waals surface area contributed by atoms with Crippen LogP contribution in [-0.4, -0.2) is 24.8 Å². The minimum Gasteiger partial charge on any atom is -0.351 e. The number of hydrogen-bond donors (Lipinski definition) is 2. The number of rotatable bonds is 0. The van der Waals surface area contributed by atoms with Crippen molar-refractivity contribution >= 4 is 5.84 Å². The molecule has 134 valence electrons. The average molecular weight is 338 g/mol. The molecule has 2 aromatic carbocycles. The maximum Gasteiger partial charge on any atom is 0.129 e. The summed E-state index contributed by atoms with van der Waals surface area (Å²) in [5, 5.41) is 3.10. The first-order chi connectivity index (χ1) is 12.1. The van der Waals surface area contributed by atoms with Gasteiger partial charge in [0.25, 0.3) is 0 Å². The van der Waals surface area contributed by atoms with Gasteiger partial charge >= 0.3 is 0 Å². The van der Waals surface area contributed by atoms with Crippen LogP contribution in [0.15, 0.2) is 53.5 Å². The summed E-state index contributed by atoms with van der Waals surface area (Å²) in [6, 6.07) is 17.3. The van der Waals surface area contributed by atoms with Gasteiger partial charge in [0.1, 0.15) is 12.0 Å². The molecular weight excluding hydrogens is 308 g/mol. The van der Waals surface area contributed by atoms with Gasteiger partial charge in [-0.1, -0.05) is 62.4 Å². The zero-order chi connectivity index (χ0) is 18.4. The molecule has 0 aliphatic carbocycles. The molecule has 2 aliphatic heterocycles. The molecule has 2 aliphatic rings. The topological polar surface area (TPSA) is 53.6 Å². The molecule has 0 saturated heterocycles. The highest BCUT2D eigenvalue weighted by Crippen LogP contribution is 2.30. The fourth-order valence-corrected chi connectivity index (χ4v) is 3.20. The zero-order valence-electron chi connectivity index (χ0n) is 16.0. The molecule has 4 nitrogen and oxygen atoms in total. The fourth-order valence-electron chi connectivity index (χ4n) is 3.20. The zero-order valence-corrected chi connectivity index (χ0v) is 16.0. The lowest BCUT2D eigenvalue weighted by atomic mass is 10.1. The largest absolute Gasteiger partial charge is 0.351 e. The van der Waals surface area contributed by atoms with Crippen LogP contribution in [0.5, 0.6) is 0 Å². The van der Waals surface area contributed by atoms with E-state index in [1.165, 1.54) is 11.1 Å². The van der Waals surface area contributed by atoms with Gasteiger partial charge in [0.2, 0.25) is 0 Å². The molecule has 25 heavy (non-hydrogen) atoms. The molecule has 0 amide bonds. The summed E-state index contributed by atoms with van der Waals surface area (Å²) in [4.78, 5) is 6.47. The molecule has 2 heterocycles. The standard InChI is InChI=1S/C10H13N.C9H11N3.C2H6/c1-8-10-6-4-3-5-9(10)7-11(8)2;1-11-9-7-5-3-2-4-6(7)8(10)12-9;1-2/h3-6,8H,7H2,1-2H3;2-5,8H,10H2,1H3,(H,11,12);1-2H3. The van der Waals surface area contributed by atoms with E-state index in [4.69, 9.17) is 5.73 Å². The van der Waals surface area contributed by atoms with E-state index >= 15 is 0 Å². The minimum absolute atomic E-state index is 0.0973. The Morgan fingerprint density at radius 1 is 1.04 bits per heavy atom. The van der Waals surface area contributed by atoms with E-state index in [1.807, 2.05) is 38.1 Å². The van der Waals surface area contributed by atoms with E-state index < -0.39 is 0 Å². The molecule has 0 aromatic heterocycles. The molecule has 3 N–H and O–H groups in total. The predicted octanol–water partition coefficient (Wildman–Crippen LogP) is 3.84. The Hall–Kier alpha value is -2.17. The molecule has 0 saturated carbocycles. The highest BCUT2D eigenvalue weighted by atomic mass is 15.1. The second-order valence-corrected chi connectivity index (χ2v) is 6.07. The summed E-state index contributed by atoms with van der Waals surface area (Å²) in [5.74, 6) is 0.887. The molecule has 2 aromatic rings. The van der Waals surface area contributed by atoms with E-state index in [-0.39, 0.29) is 6.17 Å². The van der Waals surface area contributed by atoms with Crippen molar-refractivity contribution in [2.45, 2.75) is 39.5 Å². The molecule has 4 rings (SSSR count). The van der Waals surface area contributed by atoms with Crippen LogP contribution in [0.25, 0.3) is 0 Å². The predicted molar refractivity (Wildman–Crippen MR) is 107 cm³/mol. The van der Waals surface area contributed by atoms with Crippen molar-refractivity contribution in [2.24, 2.45) is 10.7 Å². The van der Waals surface area contributed by atoms with E-state index in [1.54, 1.807) is 7.05 Å². The Balaban J connectivity index is 0.000000165. The molecule has 0 bridgehead atoms. The smallest absolute Gasteiger partial charge is 0.129 e. The number of amidine groups is 1. The van der Waals surface area contributed by atoms with Crippen LogP contribution in [0.3, 0.4) is 0 Å². The number of nitrogens with one attached hydrogen (secondary N) is 1. The van der Waals surface area contributed by atoms with Gasteiger partial charge in [-0.05, 0) is 30.7 Å². The summed E-state index contributed by atoms with van der Waals surface area (Å²) >= 11 is 0. The number of fused-ring (bicyclic) bond motifs is 2. The van der Waals surface area contributed by atoms with Gasteiger partial charge in [-0.2, -0.15) is 0 Å². The summed E-state index contributed by atoms with van der Waals surface area (Å²) in [6.45, 7) is 7.36. The van der Waals surface area contributed by atoms with Crippen LogP contribution < -0.4 is 11.1 Å². The number of nitrogens with two attached hydrogens (primary N) is 1. The van der Waals surface area contributed by atoms with Gasteiger partial charge in [-0.15, -0.1) is 0 Å². The lowest BCUT2D eigenvalue weighted by molar-refractivity contribution is 0.286. The van der Waals surface area contributed by atoms with Gasteiger partial charge in [0.15, 0.2) is 0 Å². The van der Waals surface area contributed by atoms with E-state index in [9.17, 15) is 0 Å². The quantitative estimate of drug-likeness (QED) is 0.767. The van der Waals surface area contributed by atoms with Gasteiger partial charge in [0.05, 0.1) is 0 Å². The van der Waals surface area contributed by atoms with Crippen molar-refractivity contribution in [1.29, 1.82) is 0 Å².